The van der Waals surface area contributed by atoms with Crippen LogP contribution >= 0.6 is 0 Å². The highest BCUT2D eigenvalue weighted by atomic mass is 16.5. The minimum atomic E-state index is -0.314. The second-order valence-corrected chi connectivity index (χ2v) is 6.51. The Morgan fingerprint density at radius 1 is 1.32 bits per heavy atom. The van der Waals surface area contributed by atoms with Crippen molar-refractivity contribution in [3.05, 3.63) is 64.2 Å². The number of hydrogen-bond acceptors (Lipinski definition) is 5. The van der Waals surface area contributed by atoms with Crippen LogP contribution in [0.1, 0.15) is 28.8 Å². The van der Waals surface area contributed by atoms with Gasteiger partial charge in [-0.25, -0.2) is 9.67 Å². The van der Waals surface area contributed by atoms with Crippen LogP contribution in [0.25, 0.3) is 16.9 Å². The molecule has 0 spiro atoms. The third kappa shape index (κ3) is 3.25. The predicted molar refractivity (Wildman–Crippen MR) is 101 cm³/mol. The van der Waals surface area contributed by atoms with Gasteiger partial charge in [-0.3, -0.25) is 14.7 Å². The first kappa shape index (κ1) is 17.5. The molecular weight excluding hydrogens is 358 g/mol. The molecule has 1 amide bonds. The summed E-state index contributed by atoms with van der Waals surface area (Å²) in [5.74, 6) is 0.637. The lowest BCUT2D eigenvalue weighted by molar-refractivity contribution is 0.0950. The van der Waals surface area contributed by atoms with Gasteiger partial charge in [0.15, 0.2) is 5.82 Å². The van der Waals surface area contributed by atoms with Gasteiger partial charge in [-0.1, -0.05) is 0 Å². The van der Waals surface area contributed by atoms with Crippen molar-refractivity contribution in [2.45, 2.75) is 18.9 Å². The van der Waals surface area contributed by atoms with Gasteiger partial charge in [-0.05, 0) is 43.2 Å². The summed E-state index contributed by atoms with van der Waals surface area (Å²) in [7, 11) is 1.48. The number of H-pyrrole nitrogens is 1. The number of nitrogens with zero attached hydrogens (tertiary/aromatic N) is 3. The Morgan fingerprint density at radius 2 is 2.14 bits per heavy atom. The lowest BCUT2D eigenvalue weighted by Gasteiger charge is -2.06. The summed E-state index contributed by atoms with van der Waals surface area (Å²) >= 11 is 0. The summed E-state index contributed by atoms with van der Waals surface area (Å²) in [6, 6.07) is 10.4. The zero-order valence-electron chi connectivity index (χ0n) is 15.1. The van der Waals surface area contributed by atoms with Crippen LogP contribution in [0.3, 0.4) is 0 Å². The maximum Gasteiger partial charge on any atom is 0.280 e. The van der Waals surface area contributed by atoms with Gasteiger partial charge in [-0.15, -0.1) is 0 Å². The van der Waals surface area contributed by atoms with Crippen LogP contribution in [0.15, 0.2) is 47.5 Å². The highest BCUT2D eigenvalue weighted by Gasteiger charge is 2.24. The van der Waals surface area contributed by atoms with Crippen LogP contribution < -0.4 is 15.6 Å². The largest absolute Gasteiger partial charge is 0.496 e. The van der Waals surface area contributed by atoms with E-state index in [4.69, 9.17) is 10.00 Å². The fraction of sp³-hybridized carbons (Fsp3) is 0.200. The lowest BCUT2D eigenvalue weighted by atomic mass is 10.1. The van der Waals surface area contributed by atoms with Crippen LogP contribution in [0.2, 0.25) is 0 Å². The standard InChI is InChI=1S/C20H17N5O3/c1-28-17-8-12(9-21)2-6-15(17)16-11-23-25(20(16)27)18-7-3-13(10-22-18)19(26)24-14-4-5-14/h2-3,6-8,10-11,14,23H,4-5H2,1H3,(H,24,26). The Labute approximate surface area is 160 Å². The maximum absolute atomic E-state index is 12.9. The number of rotatable bonds is 5. The summed E-state index contributed by atoms with van der Waals surface area (Å²) in [6.07, 6.45) is 5.03. The number of nitrogens with one attached hydrogen (secondary N) is 2. The fourth-order valence-electron chi connectivity index (χ4n) is 2.87. The molecule has 0 atom stereocenters. The summed E-state index contributed by atoms with van der Waals surface area (Å²) in [6.45, 7) is 0. The van der Waals surface area contributed by atoms with E-state index < -0.39 is 0 Å². The number of nitriles is 1. The first-order chi connectivity index (χ1) is 13.6. The van der Waals surface area contributed by atoms with E-state index in [1.54, 1.807) is 36.5 Å². The Hall–Kier alpha value is -3.86. The Morgan fingerprint density at radius 3 is 2.79 bits per heavy atom. The molecule has 28 heavy (non-hydrogen) atoms. The number of hydrogen-bond donors (Lipinski definition) is 2. The van der Waals surface area contributed by atoms with Crippen molar-refractivity contribution in [1.29, 1.82) is 5.26 Å². The van der Waals surface area contributed by atoms with Crippen molar-refractivity contribution in [3.8, 4) is 28.8 Å². The average Bonchev–Trinajstić information content (AvgIpc) is 3.47. The molecule has 0 saturated heterocycles. The van der Waals surface area contributed by atoms with Crippen molar-refractivity contribution < 1.29 is 9.53 Å². The summed E-state index contributed by atoms with van der Waals surface area (Å²) < 4.78 is 6.61. The van der Waals surface area contributed by atoms with Crippen molar-refractivity contribution in [2.24, 2.45) is 0 Å². The van der Waals surface area contributed by atoms with E-state index in [1.807, 2.05) is 6.07 Å². The van der Waals surface area contributed by atoms with E-state index in [2.05, 4.69) is 15.4 Å². The average molecular weight is 375 g/mol. The van der Waals surface area contributed by atoms with Gasteiger partial charge in [-0.2, -0.15) is 5.26 Å². The molecule has 8 heteroatoms. The number of carbonyl (C=O) groups excluding carboxylic acids is 1. The zero-order chi connectivity index (χ0) is 19.7. The van der Waals surface area contributed by atoms with E-state index in [1.165, 1.54) is 18.0 Å². The molecular formula is C20H17N5O3. The van der Waals surface area contributed by atoms with Gasteiger partial charge in [0.2, 0.25) is 0 Å². The Bertz CT molecular complexity index is 1130. The molecule has 1 fully saturated rings. The van der Waals surface area contributed by atoms with Crippen molar-refractivity contribution in [3.63, 3.8) is 0 Å². The molecule has 0 radical (unpaired) electrons. The molecule has 2 aromatic heterocycles. The van der Waals surface area contributed by atoms with E-state index in [0.717, 1.165) is 12.8 Å². The molecule has 1 saturated carbocycles. The third-order valence-electron chi connectivity index (χ3n) is 4.54. The van der Waals surface area contributed by atoms with Crippen LogP contribution in [-0.2, 0) is 0 Å². The smallest absolute Gasteiger partial charge is 0.280 e. The van der Waals surface area contributed by atoms with Gasteiger partial charge in [0.05, 0.1) is 29.9 Å². The molecule has 8 nitrogen and oxygen atoms in total. The molecule has 140 valence electrons. The third-order valence-corrected chi connectivity index (χ3v) is 4.54. The molecule has 0 unspecified atom stereocenters. The first-order valence-corrected chi connectivity index (χ1v) is 8.77. The minimum absolute atomic E-state index is 0.164. The molecule has 4 rings (SSSR count). The Kier molecular flexibility index (Phi) is 4.41. The molecule has 2 heterocycles. The van der Waals surface area contributed by atoms with E-state index in [0.29, 0.717) is 33.8 Å². The normalized spacial score (nSPS) is 13.0. The number of aromatic amines is 1. The van der Waals surface area contributed by atoms with Gasteiger partial charge >= 0.3 is 0 Å². The molecule has 1 aromatic carbocycles. The second kappa shape index (κ2) is 7.04. The number of benzene rings is 1. The quantitative estimate of drug-likeness (QED) is 0.708. The number of pyridine rings is 1. The van der Waals surface area contributed by atoms with Crippen LogP contribution in [0.5, 0.6) is 5.75 Å². The minimum Gasteiger partial charge on any atom is -0.496 e. The number of methoxy groups -OCH3 is 1. The summed E-state index contributed by atoms with van der Waals surface area (Å²) in [5.41, 5.74) is 1.54. The molecule has 0 aliphatic heterocycles. The van der Waals surface area contributed by atoms with Gasteiger partial charge in [0.1, 0.15) is 5.75 Å². The van der Waals surface area contributed by atoms with Crippen LogP contribution in [0, 0.1) is 11.3 Å². The van der Waals surface area contributed by atoms with Gasteiger partial charge in [0.25, 0.3) is 11.5 Å². The second-order valence-electron chi connectivity index (χ2n) is 6.51. The molecule has 3 aromatic rings. The summed E-state index contributed by atoms with van der Waals surface area (Å²) in [4.78, 5) is 29.1. The Balaban J connectivity index is 1.65. The van der Waals surface area contributed by atoms with Crippen molar-refractivity contribution in [1.82, 2.24) is 20.1 Å². The SMILES string of the molecule is COc1cc(C#N)ccc1-c1c[nH]n(-c2ccc(C(=O)NC3CC3)cn2)c1=O. The van der Waals surface area contributed by atoms with Gasteiger partial charge in [0, 0.05) is 24.0 Å². The van der Waals surface area contributed by atoms with Crippen molar-refractivity contribution in [2.75, 3.05) is 7.11 Å². The van der Waals surface area contributed by atoms with Crippen LogP contribution in [-0.4, -0.2) is 33.8 Å². The van der Waals surface area contributed by atoms with E-state index in [9.17, 15) is 9.59 Å². The predicted octanol–water partition coefficient (Wildman–Crippen LogP) is 2.00. The number of aromatic nitrogens is 3. The molecule has 1 aliphatic carbocycles. The van der Waals surface area contributed by atoms with Gasteiger partial charge < -0.3 is 10.1 Å². The molecule has 1 aliphatic rings. The molecule has 2 N–H and O–H groups in total. The van der Waals surface area contributed by atoms with E-state index in [-0.39, 0.29) is 17.5 Å². The van der Waals surface area contributed by atoms with Crippen LogP contribution in [0.4, 0.5) is 0 Å². The number of ether oxygens (including phenoxy) is 1. The maximum atomic E-state index is 12.9. The summed E-state index contributed by atoms with van der Waals surface area (Å²) in [5, 5.41) is 14.8. The topological polar surface area (TPSA) is 113 Å². The number of carbonyl (C=O) groups is 1. The zero-order valence-corrected chi connectivity index (χ0v) is 15.1. The fourth-order valence-corrected chi connectivity index (χ4v) is 2.87. The molecule has 0 bridgehead atoms. The number of amides is 1. The highest BCUT2D eigenvalue weighted by Crippen LogP contribution is 2.28. The van der Waals surface area contributed by atoms with Crippen molar-refractivity contribution >= 4 is 5.91 Å². The first-order valence-electron chi connectivity index (χ1n) is 8.77. The highest BCUT2D eigenvalue weighted by molar-refractivity contribution is 5.94. The van der Waals surface area contributed by atoms with E-state index >= 15 is 0 Å². The lowest BCUT2D eigenvalue weighted by Crippen LogP contribution is -2.25. The monoisotopic (exact) mass is 375 g/mol.